The molecule has 0 saturated carbocycles. The lowest BCUT2D eigenvalue weighted by atomic mass is 10.2. The topological polar surface area (TPSA) is 87.9 Å². The molecule has 1 fully saturated rings. The minimum Gasteiger partial charge on any atom is -0.468 e. The number of anilines is 1. The lowest BCUT2D eigenvalue weighted by Gasteiger charge is -2.25. The first kappa shape index (κ1) is 20.0. The number of nitrogens with zero attached hydrogens (tertiary/aromatic N) is 2. The maximum absolute atomic E-state index is 13.3. The minimum atomic E-state index is -4.00. The number of carbonyl (C=O) groups is 2. The standard InChI is InChI=1S/C19H15BrN2O5S2/c20-13-5-7-14(8-6-13)22-17(23)11-16(19(22)24)21(12-15-3-1-9-27-15)29(25,26)18-4-2-10-28-18/h1-10,16H,11-12H2. The number of carbonyl (C=O) groups excluding carboxylic acids is 2. The van der Waals surface area contributed by atoms with E-state index in [-0.39, 0.29) is 17.2 Å². The molecule has 4 rings (SSSR count). The molecule has 1 saturated heterocycles. The summed E-state index contributed by atoms with van der Waals surface area (Å²) < 4.78 is 33.8. The number of imide groups is 1. The fourth-order valence-electron chi connectivity index (χ4n) is 3.15. The molecule has 1 unspecified atom stereocenters. The third-order valence-corrected chi connectivity index (χ3v) is 8.26. The summed E-state index contributed by atoms with van der Waals surface area (Å²) in [6.07, 6.45) is 1.20. The van der Waals surface area contributed by atoms with Gasteiger partial charge in [-0.05, 0) is 47.8 Å². The largest absolute Gasteiger partial charge is 0.468 e. The van der Waals surface area contributed by atoms with Crippen LogP contribution in [0.1, 0.15) is 12.2 Å². The van der Waals surface area contributed by atoms with Crippen molar-refractivity contribution in [3.8, 4) is 0 Å². The normalized spacial score (nSPS) is 17.4. The molecule has 1 atom stereocenters. The van der Waals surface area contributed by atoms with Crippen molar-refractivity contribution in [1.82, 2.24) is 4.31 Å². The summed E-state index contributed by atoms with van der Waals surface area (Å²) >= 11 is 4.37. The Morgan fingerprint density at radius 3 is 2.52 bits per heavy atom. The summed E-state index contributed by atoms with van der Waals surface area (Å²) in [6.45, 7) is -0.148. The SMILES string of the molecule is O=C1CC(N(Cc2ccco2)S(=O)(=O)c2cccs2)C(=O)N1c1ccc(Br)cc1. The second-order valence-corrected chi connectivity index (χ2v) is 10.3. The summed E-state index contributed by atoms with van der Waals surface area (Å²) in [4.78, 5) is 26.8. The van der Waals surface area contributed by atoms with E-state index in [2.05, 4.69) is 15.9 Å². The van der Waals surface area contributed by atoms with Crippen LogP contribution in [-0.4, -0.2) is 30.6 Å². The molecule has 3 aromatic rings. The molecule has 1 aliphatic rings. The molecule has 3 heterocycles. The average Bonchev–Trinajstić information content (AvgIpc) is 3.43. The zero-order chi connectivity index (χ0) is 20.6. The van der Waals surface area contributed by atoms with E-state index < -0.39 is 27.9 Å². The first-order chi connectivity index (χ1) is 13.9. The quantitative estimate of drug-likeness (QED) is 0.488. The summed E-state index contributed by atoms with van der Waals surface area (Å²) in [5.74, 6) is -0.648. The van der Waals surface area contributed by atoms with Gasteiger partial charge < -0.3 is 4.42 Å². The molecule has 0 radical (unpaired) electrons. The van der Waals surface area contributed by atoms with Crippen LogP contribution in [0, 0.1) is 0 Å². The minimum absolute atomic E-state index is 0.103. The molecule has 2 amide bonds. The van der Waals surface area contributed by atoms with Crippen molar-refractivity contribution in [2.24, 2.45) is 0 Å². The molecule has 0 N–H and O–H groups in total. The van der Waals surface area contributed by atoms with Crippen LogP contribution in [0.5, 0.6) is 0 Å². The Labute approximate surface area is 179 Å². The predicted octanol–water partition coefficient (Wildman–Crippen LogP) is 3.63. The molecule has 1 aromatic carbocycles. The monoisotopic (exact) mass is 494 g/mol. The summed E-state index contributed by atoms with van der Waals surface area (Å²) in [6, 6.07) is 11.9. The van der Waals surface area contributed by atoms with Gasteiger partial charge in [0.05, 0.1) is 24.9 Å². The molecule has 10 heteroatoms. The van der Waals surface area contributed by atoms with Gasteiger partial charge in [0.25, 0.3) is 15.9 Å². The summed E-state index contributed by atoms with van der Waals surface area (Å²) in [5, 5.41) is 1.65. The zero-order valence-corrected chi connectivity index (χ0v) is 18.1. The summed E-state index contributed by atoms with van der Waals surface area (Å²) in [7, 11) is -4.00. The Bertz CT molecular complexity index is 1130. The molecular formula is C19H15BrN2O5S2. The molecule has 0 aliphatic carbocycles. The Morgan fingerprint density at radius 1 is 1.14 bits per heavy atom. The van der Waals surface area contributed by atoms with E-state index in [1.165, 1.54) is 12.3 Å². The number of hydrogen-bond donors (Lipinski definition) is 0. The predicted molar refractivity (Wildman–Crippen MR) is 111 cm³/mol. The van der Waals surface area contributed by atoms with Gasteiger partial charge in [0.1, 0.15) is 16.0 Å². The van der Waals surface area contributed by atoms with Crippen molar-refractivity contribution in [3.05, 3.63) is 70.4 Å². The van der Waals surface area contributed by atoms with Crippen molar-refractivity contribution in [3.63, 3.8) is 0 Å². The number of rotatable bonds is 6. The molecule has 7 nitrogen and oxygen atoms in total. The highest BCUT2D eigenvalue weighted by Crippen LogP contribution is 2.32. The van der Waals surface area contributed by atoms with Gasteiger partial charge in [0, 0.05) is 4.47 Å². The van der Waals surface area contributed by atoms with Gasteiger partial charge in [-0.3, -0.25) is 9.59 Å². The molecule has 0 bridgehead atoms. The molecule has 1 aliphatic heterocycles. The van der Waals surface area contributed by atoms with Crippen molar-refractivity contribution in [2.75, 3.05) is 4.90 Å². The number of thiophene rings is 1. The lowest BCUT2D eigenvalue weighted by Crippen LogP contribution is -2.44. The van der Waals surface area contributed by atoms with Crippen LogP contribution in [0.4, 0.5) is 5.69 Å². The maximum Gasteiger partial charge on any atom is 0.253 e. The number of sulfonamides is 1. The highest BCUT2D eigenvalue weighted by molar-refractivity contribution is 9.10. The average molecular weight is 495 g/mol. The van der Waals surface area contributed by atoms with Crippen LogP contribution in [0.2, 0.25) is 0 Å². The van der Waals surface area contributed by atoms with Crippen molar-refractivity contribution < 1.29 is 22.4 Å². The third kappa shape index (κ3) is 3.80. The number of hydrogen-bond acceptors (Lipinski definition) is 6. The van der Waals surface area contributed by atoms with E-state index in [9.17, 15) is 18.0 Å². The van der Waals surface area contributed by atoms with Gasteiger partial charge in [-0.1, -0.05) is 22.0 Å². The maximum atomic E-state index is 13.3. The van der Waals surface area contributed by atoms with Crippen LogP contribution >= 0.6 is 27.3 Å². The van der Waals surface area contributed by atoms with Crippen molar-refractivity contribution in [2.45, 2.75) is 23.2 Å². The fraction of sp³-hybridized carbons (Fsp3) is 0.158. The van der Waals surface area contributed by atoms with Crippen molar-refractivity contribution >= 4 is 54.8 Å². The Morgan fingerprint density at radius 2 is 1.90 bits per heavy atom. The van der Waals surface area contributed by atoms with E-state index in [4.69, 9.17) is 4.42 Å². The van der Waals surface area contributed by atoms with Crippen LogP contribution in [-0.2, 0) is 26.2 Å². The molecule has 150 valence electrons. The highest BCUT2D eigenvalue weighted by Gasteiger charge is 2.47. The van der Waals surface area contributed by atoms with Gasteiger partial charge in [0.15, 0.2) is 0 Å². The first-order valence-electron chi connectivity index (χ1n) is 8.58. The zero-order valence-electron chi connectivity index (χ0n) is 14.9. The highest BCUT2D eigenvalue weighted by atomic mass is 79.9. The second kappa shape index (κ2) is 7.86. The smallest absolute Gasteiger partial charge is 0.253 e. The lowest BCUT2D eigenvalue weighted by molar-refractivity contribution is -0.122. The van der Waals surface area contributed by atoms with Crippen molar-refractivity contribution in [1.29, 1.82) is 0 Å². The Hall–Kier alpha value is -2.27. The molecule has 0 spiro atoms. The first-order valence-corrected chi connectivity index (χ1v) is 11.7. The fourth-order valence-corrected chi connectivity index (χ4v) is 6.08. The number of halogens is 1. The van der Waals surface area contributed by atoms with Gasteiger partial charge in [0.2, 0.25) is 5.91 Å². The molecule has 29 heavy (non-hydrogen) atoms. The number of benzene rings is 1. The van der Waals surface area contributed by atoms with E-state index >= 15 is 0 Å². The van der Waals surface area contributed by atoms with E-state index in [1.807, 2.05) is 0 Å². The number of furan rings is 1. The van der Waals surface area contributed by atoms with Gasteiger partial charge in [-0.2, -0.15) is 4.31 Å². The van der Waals surface area contributed by atoms with Gasteiger partial charge >= 0.3 is 0 Å². The Balaban J connectivity index is 1.72. The van der Waals surface area contributed by atoms with E-state index in [0.29, 0.717) is 11.4 Å². The van der Waals surface area contributed by atoms with E-state index in [0.717, 1.165) is 25.0 Å². The second-order valence-electron chi connectivity index (χ2n) is 6.33. The van der Waals surface area contributed by atoms with Gasteiger partial charge in [-0.25, -0.2) is 13.3 Å². The molecule has 2 aromatic heterocycles. The molecular weight excluding hydrogens is 480 g/mol. The Kier molecular flexibility index (Phi) is 5.43. The van der Waals surface area contributed by atoms with E-state index in [1.54, 1.807) is 47.8 Å². The number of amides is 2. The van der Waals surface area contributed by atoms with Crippen LogP contribution in [0.15, 0.2) is 73.3 Å². The third-order valence-electron chi connectivity index (χ3n) is 4.51. The van der Waals surface area contributed by atoms with Gasteiger partial charge in [-0.15, -0.1) is 11.3 Å². The van der Waals surface area contributed by atoms with Crippen LogP contribution in [0.3, 0.4) is 0 Å². The summed E-state index contributed by atoms with van der Waals surface area (Å²) in [5.41, 5.74) is 0.400. The van der Waals surface area contributed by atoms with Crippen LogP contribution < -0.4 is 4.90 Å². The van der Waals surface area contributed by atoms with Crippen LogP contribution in [0.25, 0.3) is 0 Å².